The lowest BCUT2D eigenvalue weighted by Gasteiger charge is -2.35. The van der Waals surface area contributed by atoms with Gasteiger partial charge in [-0.15, -0.1) is 0 Å². The number of carbonyl (C=O) groups is 2. The van der Waals surface area contributed by atoms with E-state index in [-0.39, 0.29) is 17.9 Å². The van der Waals surface area contributed by atoms with Crippen LogP contribution in [0.3, 0.4) is 0 Å². The number of allylic oxidation sites excluding steroid dienone is 2. The Labute approximate surface area is 143 Å². The first-order chi connectivity index (χ1) is 11.6. The second kappa shape index (κ2) is 7.65. The summed E-state index contributed by atoms with van der Waals surface area (Å²) in [5.41, 5.74) is 1.73. The number of rotatable bonds is 3. The maximum atomic E-state index is 12.6. The van der Waals surface area contributed by atoms with E-state index in [0.29, 0.717) is 5.91 Å². The normalized spacial score (nSPS) is 21.5. The molecule has 1 aromatic rings. The van der Waals surface area contributed by atoms with Crippen molar-refractivity contribution in [1.29, 1.82) is 0 Å². The molecular formula is C20H26N2O2. The molecule has 0 bridgehead atoms. The summed E-state index contributed by atoms with van der Waals surface area (Å²) in [6.45, 7) is 3.45. The Morgan fingerprint density at radius 2 is 1.83 bits per heavy atom. The second-order valence-electron chi connectivity index (χ2n) is 6.87. The molecule has 1 saturated heterocycles. The molecule has 1 aliphatic heterocycles. The minimum Gasteiger partial charge on any atom is -0.349 e. The molecular weight excluding hydrogens is 300 g/mol. The third kappa shape index (κ3) is 3.86. The van der Waals surface area contributed by atoms with E-state index in [1.807, 2.05) is 36.1 Å². The van der Waals surface area contributed by atoms with E-state index >= 15 is 0 Å². The third-order valence-corrected chi connectivity index (χ3v) is 5.15. The lowest BCUT2D eigenvalue weighted by atomic mass is 9.92. The van der Waals surface area contributed by atoms with Crippen LogP contribution in [-0.4, -0.2) is 35.8 Å². The van der Waals surface area contributed by atoms with Gasteiger partial charge in [-0.1, -0.05) is 30.4 Å². The average molecular weight is 326 g/mol. The van der Waals surface area contributed by atoms with Gasteiger partial charge >= 0.3 is 0 Å². The van der Waals surface area contributed by atoms with Gasteiger partial charge in [0.05, 0.1) is 0 Å². The van der Waals surface area contributed by atoms with Gasteiger partial charge in [0.1, 0.15) is 0 Å². The van der Waals surface area contributed by atoms with Crippen molar-refractivity contribution in [2.45, 2.75) is 45.1 Å². The minimum atomic E-state index is -0.00436. The molecule has 2 aliphatic rings. The molecule has 4 heteroatoms. The zero-order chi connectivity index (χ0) is 16.9. The summed E-state index contributed by atoms with van der Waals surface area (Å²) in [5.74, 6) is 0.450. The van der Waals surface area contributed by atoms with Crippen molar-refractivity contribution in [1.82, 2.24) is 10.2 Å². The first kappa shape index (κ1) is 16.7. The Balaban J connectivity index is 1.50. The standard InChI is InChI=1S/C20H26N2O2/c1-15-7-5-6-10-18(15)19(23)21-17-11-13-22(14-12-17)20(24)16-8-3-2-4-9-16/h2-3,5-7,10,16-17H,4,8-9,11-14H2,1H3,(H,21,23). The van der Waals surface area contributed by atoms with E-state index in [1.54, 1.807) is 0 Å². The molecule has 0 aromatic heterocycles. The van der Waals surface area contributed by atoms with E-state index in [2.05, 4.69) is 17.5 Å². The van der Waals surface area contributed by atoms with Crippen LogP contribution in [0, 0.1) is 12.8 Å². The highest BCUT2D eigenvalue weighted by Gasteiger charge is 2.28. The highest BCUT2D eigenvalue weighted by molar-refractivity contribution is 5.95. The van der Waals surface area contributed by atoms with Crippen molar-refractivity contribution < 1.29 is 9.59 Å². The minimum absolute atomic E-state index is 0.00436. The van der Waals surface area contributed by atoms with Crippen molar-refractivity contribution >= 4 is 11.8 Å². The number of piperidine rings is 1. The fourth-order valence-corrected chi connectivity index (χ4v) is 3.61. The van der Waals surface area contributed by atoms with Crippen LogP contribution in [0.2, 0.25) is 0 Å². The van der Waals surface area contributed by atoms with Gasteiger partial charge in [0.15, 0.2) is 0 Å². The molecule has 0 spiro atoms. The van der Waals surface area contributed by atoms with E-state index in [4.69, 9.17) is 0 Å². The zero-order valence-electron chi connectivity index (χ0n) is 14.3. The smallest absolute Gasteiger partial charge is 0.251 e. The molecule has 24 heavy (non-hydrogen) atoms. The number of nitrogens with one attached hydrogen (secondary N) is 1. The Hall–Kier alpha value is -2.10. The highest BCUT2D eigenvalue weighted by Crippen LogP contribution is 2.23. The van der Waals surface area contributed by atoms with E-state index in [9.17, 15) is 9.59 Å². The lowest BCUT2D eigenvalue weighted by molar-refractivity contribution is -0.136. The van der Waals surface area contributed by atoms with Crippen molar-refractivity contribution in [3.8, 4) is 0 Å². The molecule has 1 fully saturated rings. The van der Waals surface area contributed by atoms with Gasteiger partial charge in [0.2, 0.25) is 5.91 Å². The van der Waals surface area contributed by atoms with Gasteiger partial charge in [-0.3, -0.25) is 9.59 Å². The van der Waals surface area contributed by atoms with Crippen molar-refractivity contribution in [3.05, 3.63) is 47.5 Å². The Morgan fingerprint density at radius 3 is 2.50 bits per heavy atom. The van der Waals surface area contributed by atoms with Gasteiger partial charge in [-0.2, -0.15) is 0 Å². The molecule has 4 nitrogen and oxygen atoms in total. The summed E-state index contributed by atoms with van der Waals surface area (Å²) < 4.78 is 0. The third-order valence-electron chi connectivity index (χ3n) is 5.15. The maximum Gasteiger partial charge on any atom is 0.251 e. The topological polar surface area (TPSA) is 49.4 Å². The van der Waals surface area contributed by atoms with E-state index < -0.39 is 0 Å². The van der Waals surface area contributed by atoms with Crippen LogP contribution in [0.25, 0.3) is 0 Å². The number of hydrogen-bond donors (Lipinski definition) is 1. The van der Waals surface area contributed by atoms with Crippen LogP contribution in [0.1, 0.15) is 48.0 Å². The number of likely N-dealkylation sites (tertiary alicyclic amines) is 1. The molecule has 1 N–H and O–H groups in total. The molecule has 0 radical (unpaired) electrons. The van der Waals surface area contributed by atoms with Gasteiger partial charge in [-0.05, 0) is 50.7 Å². The Bertz CT molecular complexity index is 630. The lowest BCUT2D eigenvalue weighted by Crippen LogP contribution is -2.48. The number of carbonyl (C=O) groups excluding carboxylic acids is 2. The van der Waals surface area contributed by atoms with Gasteiger partial charge in [0.25, 0.3) is 5.91 Å². The fraction of sp³-hybridized carbons (Fsp3) is 0.500. The van der Waals surface area contributed by atoms with Crippen LogP contribution < -0.4 is 5.32 Å². The summed E-state index contributed by atoms with van der Waals surface area (Å²) in [7, 11) is 0. The Morgan fingerprint density at radius 1 is 1.08 bits per heavy atom. The largest absolute Gasteiger partial charge is 0.349 e. The first-order valence-corrected chi connectivity index (χ1v) is 8.95. The van der Waals surface area contributed by atoms with Gasteiger partial charge in [-0.25, -0.2) is 0 Å². The average Bonchev–Trinajstić information content (AvgIpc) is 2.63. The van der Waals surface area contributed by atoms with Crippen LogP contribution in [0.15, 0.2) is 36.4 Å². The van der Waals surface area contributed by atoms with Gasteiger partial charge < -0.3 is 10.2 Å². The zero-order valence-corrected chi connectivity index (χ0v) is 14.3. The summed E-state index contributed by atoms with van der Waals surface area (Å²) >= 11 is 0. The van der Waals surface area contributed by atoms with Crippen LogP contribution in [-0.2, 0) is 4.79 Å². The van der Waals surface area contributed by atoms with Crippen molar-refractivity contribution in [2.24, 2.45) is 5.92 Å². The van der Waals surface area contributed by atoms with Crippen LogP contribution in [0.4, 0.5) is 0 Å². The molecule has 2 amide bonds. The molecule has 1 aromatic carbocycles. The molecule has 0 saturated carbocycles. The van der Waals surface area contributed by atoms with Gasteiger partial charge in [0, 0.05) is 30.6 Å². The maximum absolute atomic E-state index is 12.6. The molecule has 1 heterocycles. The second-order valence-corrected chi connectivity index (χ2v) is 6.87. The molecule has 1 aliphatic carbocycles. The van der Waals surface area contributed by atoms with E-state index in [1.165, 1.54) is 0 Å². The number of nitrogens with zero attached hydrogens (tertiary/aromatic N) is 1. The summed E-state index contributed by atoms with van der Waals surface area (Å²) in [5, 5.41) is 3.13. The molecule has 1 unspecified atom stereocenters. The number of benzene rings is 1. The molecule has 3 rings (SSSR count). The first-order valence-electron chi connectivity index (χ1n) is 8.95. The number of aryl methyl sites for hydroxylation is 1. The monoisotopic (exact) mass is 326 g/mol. The predicted molar refractivity (Wildman–Crippen MR) is 94.7 cm³/mol. The summed E-state index contributed by atoms with van der Waals surface area (Å²) in [6.07, 6.45) is 8.83. The van der Waals surface area contributed by atoms with Crippen molar-refractivity contribution in [3.63, 3.8) is 0 Å². The Kier molecular flexibility index (Phi) is 5.34. The number of hydrogen-bond acceptors (Lipinski definition) is 2. The highest BCUT2D eigenvalue weighted by atomic mass is 16.2. The SMILES string of the molecule is Cc1ccccc1C(=O)NC1CCN(C(=O)C2CC=CCC2)CC1. The number of amides is 2. The van der Waals surface area contributed by atoms with Crippen LogP contribution in [0.5, 0.6) is 0 Å². The molecule has 1 atom stereocenters. The quantitative estimate of drug-likeness (QED) is 0.868. The van der Waals surface area contributed by atoms with Crippen LogP contribution >= 0.6 is 0 Å². The summed E-state index contributed by atoms with van der Waals surface area (Å²) in [6, 6.07) is 7.81. The fourth-order valence-electron chi connectivity index (χ4n) is 3.61. The van der Waals surface area contributed by atoms with E-state index in [0.717, 1.165) is 56.3 Å². The predicted octanol–water partition coefficient (Wildman–Crippen LogP) is 3.07. The molecule has 128 valence electrons. The summed E-state index contributed by atoms with van der Waals surface area (Å²) in [4.78, 5) is 26.9. The van der Waals surface area contributed by atoms with Crippen molar-refractivity contribution in [2.75, 3.05) is 13.1 Å².